The molecule has 1 unspecified atom stereocenters. The van der Waals surface area contributed by atoms with E-state index in [9.17, 15) is 4.79 Å². The first kappa shape index (κ1) is 13.0. The summed E-state index contributed by atoms with van der Waals surface area (Å²) in [5.41, 5.74) is 0.705. The Bertz CT molecular complexity index is 382. The third-order valence-corrected chi connectivity index (χ3v) is 3.02. The molecule has 0 heterocycles. The molecule has 0 fully saturated rings. The Hall–Kier alpha value is -1.02. The maximum atomic E-state index is 11.9. The molecule has 1 amide bonds. The number of anilines is 1. The number of carbonyl (C=O) groups excluding carboxylic acids is 1. The van der Waals surface area contributed by atoms with Gasteiger partial charge in [-0.25, -0.2) is 0 Å². The minimum Gasteiger partial charge on any atom is -0.326 e. The fourth-order valence-corrected chi connectivity index (χ4v) is 1.40. The minimum atomic E-state index is -0.0496. The average molecular weight is 240 g/mol. The predicted molar refractivity (Wildman–Crippen MR) is 68.7 cm³/mol. The van der Waals surface area contributed by atoms with Gasteiger partial charge >= 0.3 is 0 Å². The summed E-state index contributed by atoms with van der Waals surface area (Å²) < 4.78 is 0. The Kier molecular flexibility index (Phi) is 3.98. The summed E-state index contributed by atoms with van der Waals surface area (Å²) in [6, 6.07) is 7.18. The molecule has 0 saturated heterocycles. The molecule has 3 heteroatoms. The van der Waals surface area contributed by atoms with Gasteiger partial charge in [0, 0.05) is 16.6 Å². The zero-order valence-corrected chi connectivity index (χ0v) is 10.9. The van der Waals surface area contributed by atoms with Crippen molar-refractivity contribution in [2.24, 2.45) is 11.3 Å². The molecular weight excluding hydrogens is 222 g/mol. The fraction of sp³-hybridized carbons (Fsp3) is 0.462. The van der Waals surface area contributed by atoms with Crippen molar-refractivity contribution in [2.45, 2.75) is 27.7 Å². The number of amides is 1. The third-order valence-electron chi connectivity index (χ3n) is 2.78. The molecule has 0 saturated carbocycles. The second-order valence-electron chi connectivity index (χ2n) is 5.09. The minimum absolute atomic E-state index is 0.0229. The van der Waals surface area contributed by atoms with Crippen LogP contribution in [-0.4, -0.2) is 5.91 Å². The highest BCUT2D eigenvalue weighted by molar-refractivity contribution is 6.30. The van der Waals surface area contributed by atoms with Crippen molar-refractivity contribution >= 4 is 23.2 Å². The van der Waals surface area contributed by atoms with Crippen molar-refractivity contribution in [1.29, 1.82) is 0 Å². The number of hydrogen-bond acceptors (Lipinski definition) is 1. The highest BCUT2D eigenvalue weighted by Crippen LogP contribution is 2.26. The Labute approximate surface area is 102 Å². The van der Waals surface area contributed by atoms with Crippen molar-refractivity contribution < 1.29 is 4.79 Å². The van der Waals surface area contributed by atoms with Crippen molar-refractivity contribution in [3.63, 3.8) is 0 Å². The van der Waals surface area contributed by atoms with Crippen LogP contribution in [0.1, 0.15) is 27.7 Å². The zero-order chi connectivity index (χ0) is 12.3. The van der Waals surface area contributed by atoms with Gasteiger partial charge in [-0.05, 0) is 23.6 Å². The largest absolute Gasteiger partial charge is 0.326 e. The van der Waals surface area contributed by atoms with Crippen LogP contribution in [0.4, 0.5) is 5.69 Å². The van der Waals surface area contributed by atoms with E-state index in [-0.39, 0.29) is 17.2 Å². The van der Waals surface area contributed by atoms with E-state index in [1.54, 1.807) is 12.1 Å². The number of rotatable bonds is 2. The Morgan fingerprint density at radius 1 is 1.38 bits per heavy atom. The SMILES string of the molecule is CC(C(=O)Nc1cccc(Cl)c1)C(C)(C)C. The lowest BCUT2D eigenvalue weighted by Gasteiger charge is -2.26. The molecule has 1 atom stereocenters. The molecule has 2 nitrogen and oxygen atoms in total. The van der Waals surface area contributed by atoms with Crippen LogP contribution in [0.5, 0.6) is 0 Å². The van der Waals surface area contributed by atoms with Crippen molar-refractivity contribution in [1.82, 2.24) is 0 Å². The fourth-order valence-electron chi connectivity index (χ4n) is 1.21. The van der Waals surface area contributed by atoms with Gasteiger partial charge in [0.05, 0.1) is 0 Å². The van der Waals surface area contributed by atoms with Crippen LogP contribution in [-0.2, 0) is 4.79 Å². The van der Waals surface area contributed by atoms with Crippen LogP contribution >= 0.6 is 11.6 Å². The monoisotopic (exact) mass is 239 g/mol. The zero-order valence-electron chi connectivity index (χ0n) is 10.2. The van der Waals surface area contributed by atoms with Gasteiger partial charge in [0.15, 0.2) is 0 Å². The van der Waals surface area contributed by atoms with E-state index in [2.05, 4.69) is 26.1 Å². The lowest BCUT2D eigenvalue weighted by molar-refractivity contribution is -0.122. The van der Waals surface area contributed by atoms with E-state index in [4.69, 9.17) is 11.6 Å². The van der Waals surface area contributed by atoms with Gasteiger partial charge in [-0.15, -0.1) is 0 Å². The van der Waals surface area contributed by atoms with Gasteiger partial charge in [-0.3, -0.25) is 4.79 Å². The summed E-state index contributed by atoms with van der Waals surface area (Å²) >= 11 is 5.85. The van der Waals surface area contributed by atoms with Gasteiger partial charge in [0.1, 0.15) is 0 Å². The lowest BCUT2D eigenvalue weighted by atomic mass is 9.81. The molecule has 1 N–H and O–H groups in total. The van der Waals surface area contributed by atoms with Crippen molar-refractivity contribution in [2.75, 3.05) is 5.32 Å². The lowest BCUT2D eigenvalue weighted by Crippen LogP contribution is -2.30. The Morgan fingerprint density at radius 2 is 2.00 bits per heavy atom. The van der Waals surface area contributed by atoms with E-state index >= 15 is 0 Å². The third kappa shape index (κ3) is 3.53. The van der Waals surface area contributed by atoms with Crippen LogP contribution in [0, 0.1) is 11.3 Å². The molecule has 0 aliphatic carbocycles. The number of nitrogens with one attached hydrogen (secondary N) is 1. The molecule has 16 heavy (non-hydrogen) atoms. The molecule has 0 radical (unpaired) electrons. The number of carbonyl (C=O) groups is 1. The van der Waals surface area contributed by atoms with E-state index in [0.29, 0.717) is 5.02 Å². The highest BCUT2D eigenvalue weighted by atomic mass is 35.5. The van der Waals surface area contributed by atoms with Crippen LogP contribution in [0.15, 0.2) is 24.3 Å². The molecule has 0 bridgehead atoms. The molecule has 1 aromatic rings. The maximum Gasteiger partial charge on any atom is 0.227 e. The van der Waals surface area contributed by atoms with Crippen LogP contribution in [0.3, 0.4) is 0 Å². The second kappa shape index (κ2) is 4.88. The molecule has 0 aliphatic rings. The van der Waals surface area contributed by atoms with Crippen LogP contribution in [0.2, 0.25) is 5.02 Å². The second-order valence-corrected chi connectivity index (χ2v) is 5.52. The van der Waals surface area contributed by atoms with E-state index in [0.717, 1.165) is 5.69 Å². The maximum absolute atomic E-state index is 11.9. The normalized spacial score (nSPS) is 13.3. The molecule has 0 aliphatic heterocycles. The summed E-state index contributed by atoms with van der Waals surface area (Å²) in [5.74, 6) is -0.0266. The first-order valence-electron chi connectivity index (χ1n) is 5.37. The first-order valence-corrected chi connectivity index (χ1v) is 5.75. The van der Waals surface area contributed by atoms with Crippen LogP contribution < -0.4 is 5.32 Å². The number of hydrogen-bond donors (Lipinski definition) is 1. The summed E-state index contributed by atoms with van der Waals surface area (Å²) in [4.78, 5) is 11.9. The molecule has 1 rings (SSSR count). The van der Waals surface area contributed by atoms with E-state index in [1.165, 1.54) is 0 Å². The quantitative estimate of drug-likeness (QED) is 0.832. The molecule has 0 spiro atoms. The molecule has 88 valence electrons. The molecule has 0 aromatic heterocycles. The average Bonchev–Trinajstić information content (AvgIpc) is 2.15. The van der Waals surface area contributed by atoms with Gasteiger partial charge in [-0.2, -0.15) is 0 Å². The van der Waals surface area contributed by atoms with Crippen molar-refractivity contribution in [3.8, 4) is 0 Å². The van der Waals surface area contributed by atoms with Crippen molar-refractivity contribution in [3.05, 3.63) is 29.3 Å². The first-order chi connectivity index (χ1) is 7.30. The number of benzene rings is 1. The van der Waals surface area contributed by atoms with E-state index < -0.39 is 0 Å². The summed E-state index contributed by atoms with van der Waals surface area (Å²) in [6.45, 7) is 8.08. The van der Waals surface area contributed by atoms with Gasteiger partial charge in [0.25, 0.3) is 0 Å². The molecule has 1 aromatic carbocycles. The Morgan fingerprint density at radius 3 is 2.50 bits per heavy atom. The molecular formula is C13H18ClNO. The van der Waals surface area contributed by atoms with Gasteiger partial charge in [-0.1, -0.05) is 45.4 Å². The summed E-state index contributed by atoms with van der Waals surface area (Å²) in [5, 5.41) is 3.49. The smallest absolute Gasteiger partial charge is 0.227 e. The highest BCUT2D eigenvalue weighted by Gasteiger charge is 2.26. The standard InChI is InChI=1S/C13H18ClNO/c1-9(13(2,3)4)12(16)15-11-7-5-6-10(14)8-11/h5-9H,1-4H3,(H,15,16). The van der Waals surface area contributed by atoms with Crippen LogP contribution in [0.25, 0.3) is 0 Å². The van der Waals surface area contributed by atoms with Gasteiger partial charge < -0.3 is 5.32 Å². The topological polar surface area (TPSA) is 29.1 Å². The van der Waals surface area contributed by atoms with Gasteiger partial charge in [0.2, 0.25) is 5.91 Å². The Balaban J connectivity index is 2.72. The van der Waals surface area contributed by atoms with E-state index in [1.807, 2.05) is 19.1 Å². The summed E-state index contributed by atoms with van der Waals surface area (Å²) in [7, 11) is 0. The summed E-state index contributed by atoms with van der Waals surface area (Å²) in [6.07, 6.45) is 0. The predicted octanol–water partition coefficient (Wildman–Crippen LogP) is 3.96. The number of halogens is 1.